The van der Waals surface area contributed by atoms with Crippen LogP contribution in [-0.4, -0.2) is 31.9 Å². The Morgan fingerprint density at radius 1 is 1.12 bits per heavy atom. The van der Waals surface area contributed by atoms with E-state index in [0.29, 0.717) is 10.6 Å². The zero-order valence-electron chi connectivity index (χ0n) is 12.1. The topological polar surface area (TPSA) is 69.9 Å². The van der Waals surface area contributed by atoms with Gasteiger partial charge in [-0.15, -0.1) is 16.9 Å². The summed E-state index contributed by atoms with van der Waals surface area (Å²) >= 11 is 1.06. The summed E-state index contributed by atoms with van der Waals surface area (Å²) in [7, 11) is 0. The second-order valence-electron chi connectivity index (χ2n) is 4.59. The van der Waals surface area contributed by atoms with Crippen LogP contribution in [0.5, 0.6) is 5.75 Å². The quantitative estimate of drug-likeness (QED) is 0.401. The number of aromatic nitrogens is 4. The van der Waals surface area contributed by atoms with Crippen LogP contribution in [-0.2, 0) is 4.79 Å². The minimum atomic E-state index is -0.952. The third-order valence-electron chi connectivity index (χ3n) is 2.93. The highest BCUT2D eigenvalue weighted by atomic mass is 32.2. The van der Waals surface area contributed by atoms with Gasteiger partial charge in [-0.1, -0.05) is 0 Å². The molecule has 0 aliphatic rings. The molecule has 0 unspecified atom stereocenters. The zero-order valence-corrected chi connectivity index (χ0v) is 12.9. The molecule has 0 spiro atoms. The number of carbonyl (C=O) groups excluding carboxylic acids is 1. The molecule has 0 N–H and O–H groups in total. The fourth-order valence-electron chi connectivity index (χ4n) is 1.82. The number of halogens is 2. The van der Waals surface area contributed by atoms with Crippen molar-refractivity contribution in [2.75, 3.05) is 5.75 Å². The first kappa shape index (κ1) is 16.1. The molecule has 6 nitrogen and oxygen atoms in total. The van der Waals surface area contributed by atoms with Gasteiger partial charge in [0.05, 0.1) is 11.4 Å². The van der Waals surface area contributed by atoms with Crippen LogP contribution in [0.4, 0.5) is 8.78 Å². The van der Waals surface area contributed by atoms with Crippen LogP contribution < -0.4 is 4.74 Å². The Bertz CT molecular complexity index is 841. The van der Waals surface area contributed by atoms with Crippen molar-refractivity contribution in [1.82, 2.24) is 20.2 Å². The lowest BCUT2D eigenvalue weighted by atomic mass is 10.3. The van der Waals surface area contributed by atoms with Gasteiger partial charge in [0.2, 0.25) is 0 Å². The molecule has 24 heavy (non-hydrogen) atoms. The number of tetrazole rings is 1. The van der Waals surface area contributed by atoms with Crippen molar-refractivity contribution >= 4 is 17.7 Å². The molecule has 3 rings (SSSR count). The molecular weight excluding hydrogens is 338 g/mol. The molecule has 0 bridgehead atoms. The Labute approximate surface area is 139 Å². The first-order chi connectivity index (χ1) is 11.6. The van der Waals surface area contributed by atoms with Crippen LogP contribution >= 0.6 is 11.8 Å². The maximum Gasteiger partial charge on any atom is 0.321 e. The van der Waals surface area contributed by atoms with E-state index in [2.05, 4.69) is 15.5 Å². The van der Waals surface area contributed by atoms with Gasteiger partial charge in [0.15, 0.2) is 11.6 Å². The van der Waals surface area contributed by atoms with Gasteiger partial charge in [0.25, 0.3) is 0 Å². The molecule has 1 heterocycles. The zero-order chi connectivity index (χ0) is 16.9. The molecule has 0 amide bonds. The van der Waals surface area contributed by atoms with Crippen molar-refractivity contribution in [3.8, 4) is 11.4 Å². The second kappa shape index (κ2) is 7.18. The third-order valence-corrected chi connectivity index (χ3v) is 3.90. The Morgan fingerprint density at radius 2 is 1.92 bits per heavy atom. The Balaban J connectivity index is 1.55. The van der Waals surface area contributed by atoms with Gasteiger partial charge in [-0.2, -0.15) is 0 Å². The normalized spacial score (nSPS) is 10.6. The van der Waals surface area contributed by atoms with E-state index >= 15 is 0 Å². The van der Waals surface area contributed by atoms with E-state index in [1.807, 2.05) is 0 Å². The van der Waals surface area contributed by atoms with E-state index < -0.39 is 17.6 Å². The fourth-order valence-corrected chi connectivity index (χ4v) is 2.51. The molecule has 0 fully saturated rings. The lowest BCUT2D eigenvalue weighted by Crippen LogP contribution is -2.10. The maximum atomic E-state index is 13.1. The van der Waals surface area contributed by atoms with E-state index in [4.69, 9.17) is 4.74 Å². The van der Waals surface area contributed by atoms with E-state index in [1.165, 1.54) is 17.1 Å². The number of benzene rings is 2. The molecule has 1 aromatic heterocycles. The number of hydrogen-bond acceptors (Lipinski definition) is 6. The fraction of sp³-hybridized carbons (Fsp3) is 0.0667. The molecule has 0 radical (unpaired) electrons. The van der Waals surface area contributed by atoms with Gasteiger partial charge in [-0.05, 0) is 52.9 Å². The molecule has 0 aliphatic carbocycles. The van der Waals surface area contributed by atoms with Gasteiger partial charge in [-0.3, -0.25) is 4.79 Å². The first-order valence-electron chi connectivity index (χ1n) is 6.74. The largest absolute Gasteiger partial charge is 0.426 e. The summed E-state index contributed by atoms with van der Waals surface area (Å²) in [6.07, 6.45) is 1.44. The maximum absolute atomic E-state index is 13.1. The number of nitrogens with zero attached hydrogens (tertiary/aromatic N) is 4. The SMILES string of the molecule is O=C(CSc1ccc(F)c(F)c1)Oc1ccc(-n2cnnn2)cc1. The van der Waals surface area contributed by atoms with Crippen molar-refractivity contribution in [1.29, 1.82) is 0 Å². The van der Waals surface area contributed by atoms with Crippen molar-refractivity contribution < 1.29 is 18.3 Å². The number of rotatable bonds is 5. The number of esters is 1. The number of ether oxygens (including phenoxy) is 1. The van der Waals surface area contributed by atoms with Gasteiger partial charge in [-0.25, -0.2) is 13.5 Å². The van der Waals surface area contributed by atoms with Crippen LogP contribution in [0.3, 0.4) is 0 Å². The molecule has 2 aromatic carbocycles. The average molecular weight is 348 g/mol. The molecule has 0 aliphatic heterocycles. The minimum absolute atomic E-state index is 0.0280. The van der Waals surface area contributed by atoms with E-state index in [1.54, 1.807) is 24.3 Å². The highest BCUT2D eigenvalue weighted by Crippen LogP contribution is 2.21. The Kier molecular flexibility index (Phi) is 4.80. The summed E-state index contributed by atoms with van der Waals surface area (Å²) in [5.74, 6) is -2.04. The Morgan fingerprint density at radius 3 is 2.58 bits per heavy atom. The molecule has 3 aromatic rings. The van der Waals surface area contributed by atoms with E-state index in [0.717, 1.165) is 29.6 Å². The Hall–Kier alpha value is -2.81. The third kappa shape index (κ3) is 3.93. The van der Waals surface area contributed by atoms with Crippen LogP contribution in [0.15, 0.2) is 53.7 Å². The highest BCUT2D eigenvalue weighted by molar-refractivity contribution is 8.00. The summed E-state index contributed by atoms with van der Waals surface area (Å²) < 4.78 is 32.6. The molecule has 9 heteroatoms. The highest BCUT2D eigenvalue weighted by Gasteiger charge is 2.09. The molecule has 0 atom stereocenters. The van der Waals surface area contributed by atoms with E-state index in [-0.39, 0.29) is 5.75 Å². The molecule has 0 saturated heterocycles. The summed E-state index contributed by atoms with van der Waals surface area (Å²) in [6.45, 7) is 0. The van der Waals surface area contributed by atoms with Crippen molar-refractivity contribution in [2.45, 2.75) is 4.90 Å². The predicted molar refractivity (Wildman–Crippen MR) is 81.9 cm³/mol. The monoisotopic (exact) mass is 348 g/mol. The smallest absolute Gasteiger partial charge is 0.321 e. The van der Waals surface area contributed by atoms with Crippen LogP contribution in [0, 0.1) is 11.6 Å². The van der Waals surface area contributed by atoms with E-state index in [9.17, 15) is 13.6 Å². The first-order valence-corrected chi connectivity index (χ1v) is 7.72. The van der Waals surface area contributed by atoms with Gasteiger partial charge < -0.3 is 4.74 Å². The number of hydrogen-bond donors (Lipinski definition) is 0. The second-order valence-corrected chi connectivity index (χ2v) is 5.64. The van der Waals surface area contributed by atoms with Gasteiger partial charge >= 0.3 is 5.97 Å². The van der Waals surface area contributed by atoms with Crippen molar-refractivity contribution in [2.24, 2.45) is 0 Å². The minimum Gasteiger partial charge on any atom is -0.426 e. The number of thioether (sulfide) groups is 1. The lowest BCUT2D eigenvalue weighted by Gasteiger charge is -2.06. The molecule has 0 saturated carbocycles. The summed E-state index contributed by atoms with van der Waals surface area (Å²) in [4.78, 5) is 12.2. The van der Waals surface area contributed by atoms with Crippen molar-refractivity contribution in [3.63, 3.8) is 0 Å². The van der Waals surface area contributed by atoms with Crippen LogP contribution in [0.1, 0.15) is 0 Å². The molecule has 122 valence electrons. The van der Waals surface area contributed by atoms with Gasteiger partial charge in [0.1, 0.15) is 12.1 Å². The standard InChI is InChI=1S/C15H10F2N4O2S/c16-13-6-5-12(7-14(13)17)24-8-15(22)23-11-3-1-10(2-4-11)21-9-18-19-20-21/h1-7,9H,8H2. The molecular formula is C15H10F2N4O2S. The van der Waals surface area contributed by atoms with Crippen LogP contribution in [0.25, 0.3) is 5.69 Å². The van der Waals surface area contributed by atoms with Crippen LogP contribution in [0.2, 0.25) is 0 Å². The lowest BCUT2D eigenvalue weighted by molar-refractivity contribution is -0.131. The predicted octanol–water partition coefficient (Wildman–Crippen LogP) is 2.64. The van der Waals surface area contributed by atoms with Crippen molar-refractivity contribution in [3.05, 3.63) is 60.4 Å². The average Bonchev–Trinajstić information content (AvgIpc) is 3.11. The summed E-state index contributed by atoms with van der Waals surface area (Å²) in [6, 6.07) is 10.1. The summed E-state index contributed by atoms with van der Waals surface area (Å²) in [5.41, 5.74) is 0.718. The summed E-state index contributed by atoms with van der Waals surface area (Å²) in [5, 5.41) is 10.8. The van der Waals surface area contributed by atoms with Gasteiger partial charge in [0, 0.05) is 4.90 Å². The number of carbonyl (C=O) groups is 1.